The predicted molar refractivity (Wildman–Crippen MR) is 87.5 cm³/mol. The summed E-state index contributed by atoms with van der Waals surface area (Å²) in [5.41, 5.74) is 9.83. The maximum Gasteiger partial charge on any atom is 0.251 e. The number of hydrogen-bond donors (Lipinski definition) is 1. The number of carbonyl (C=O) groups is 1. The first-order valence-electron chi connectivity index (χ1n) is 7.67. The summed E-state index contributed by atoms with van der Waals surface area (Å²) in [5.74, 6) is -0.727. The van der Waals surface area contributed by atoms with E-state index in [2.05, 4.69) is 25.3 Å². The molecule has 22 heavy (non-hydrogen) atoms. The molecule has 4 heteroatoms. The summed E-state index contributed by atoms with van der Waals surface area (Å²) in [7, 11) is 0. The van der Waals surface area contributed by atoms with Gasteiger partial charge in [0.05, 0.1) is 5.56 Å². The maximum absolute atomic E-state index is 13.2. The summed E-state index contributed by atoms with van der Waals surface area (Å²) in [4.78, 5) is 12.0. The highest BCUT2D eigenvalue weighted by Crippen LogP contribution is 2.35. The van der Waals surface area contributed by atoms with Crippen LogP contribution in [0.3, 0.4) is 0 Å². The van der Waals surface area contributed by atoms with Gasteiger partial charge in [0.1, 0.15) is 5.82 Å². The van der Waals surface area contributed by atoms with Crippen LogP contribution >= 0.6 is 0 Å². The van der Waals surface area contributed by atoms with Crippen LogP contribution in [0.5, 0.6) is 0 Å². The molecule has 118 valence electrons. The fraction of sp³-hybridized carbons (Fsp3) is 0.389. The summed E-state index contributed by atoms with van der Waals surface area (Å²) in [6.45, 7) is 8.20. The number of benzene rings is 1. The summed E-state index contributed by atoms with van der Waals surface area (Å²) in [5, 5.41) is 0. The number of nitrogens with zero attached hydrogens (tertiary/aromatic N) is 1. The molecule has 0 unspecified atom stereocenters. The second-order valence-corrected chi connectivity index (χ2v) is 5.87. The number of halogens is 1. The molecule has 0 bridgehead atoms. The second-order valence-electron chi connectivity index (χ2n) is 5.87. The molecule has 0 fully saturated rings. The van der Waals surface area contributed by atoms with Gasteiger partial charge in [0.2, 0.25) is 0 Å². The molecule has 0 aliphatic heterocycles. The Morgan fingerprint density at radius 2 is 1.86 bits per heavy atom. The molecule has 0 saturated carbocycles. The zero-order chi connectivity index (χ0) is 16.4. The molecule has 0 saturated heterocycles. The highest BCUT2D eigenvalue weighted by molar-refractivity contribution is 6.02. The Labute approximate surface area is 130 Å². The first-order chi connectivity index (χ1) is 10.4. The van der Waals surface area contributed by atoms with Crippen molar-refractivity contribution >= 4 is 5.91 Å². The van der Waals surface area contributed by atoms with Gasteiger partial charge >= 0.3 is 0 Å². The van der Waals surface area contributed by atoms with Crippen molar-refractivity contribution in [2.24, 2.45) is 5.73 Å². The van der Waals surface area contributed by atoms with Crippen molar-refractivity contribution < 1.29 is 9.18 Å². The lowest BCUT2D eigenvalue weighted by Gasteiger charge is -2.16. The summed E-state index contributed by atoms with van der Waals surface area (Å²) in [6.07, 6.45) is 1.81. The van der Waals surface area contributed by atoms with E-state index in [1.165, 1.54) is 12.1 Å². The number of amides is 1. The van der Waals surface area contributed by atoms with E-state index in [1.807, 2.05) is 6.92 Å². The van der Waals surface area contributed by atoms with E-state index in [0.717, 1.165) is 35.4 Å². The van der Waals surface area contributed by atoms with Gasteiger partial charge in [-0.2, -0.15) is 0 Å². The minimum Gasteiger partial charge on any atom is -0.366 e. The van der Waals surface area contributed by atoms with Crippen LogP contribution in [-0.2, 0) is 6.42 Å². The normalized spacial score (nSPS) is 11.2. The molecule has 2 rings (SSSR count). The lowest BCUT2D eigenvalue weighted by Crippen LogP contribution is -2.14. The van der Waals surface area contributed by atoms with Crippen LogP contribution in [0.15, 0.2) is 24.3 Å². The van der Waals surface area contributed by atoms with Crippen molar-refractivity contribution in [1.29, 1.82) is 0 Å². The second kappa shape index (κ2) is 6.34. The third kappa shape index (κ3) is 2.78. The maximum atomic E-state index is 13.2. The molecule has 0 spiro atoms. The zero-order valence-electron chi connectivity index (χ0n) is 13.6. The van der Waals surface area contributed by atoms with Crippen LogP contribution in [0, 0.1) is 12.7 Å². The Bertz CT molecular complexity index is 684. The molecule has 0 aliphatic carbocycles. The Hall–Kier alpha value is -2.10. The predicted octanol–water partition coefficient (Wildman–Crippen LogP) is 4.23. The quantitative estimate of drug-likeness (QED) is 0.882. The van der Waals surface area contributed by atoms with Crippen LogP contribution in [0.4, 0.5) is 4.39 Å². The van der Waals surface area contributed by atoms with Gasteiger partial charge < -0.3 is 10.3 Å². The van der Waals surface area contributed by atoms with Crippen molar-refractivity contribution in [2.45, 2.75) is 46.6 Å². The molecule has 1 aromatic carbocycles. The Morgan fingerprint density at radius 3 is 2.32 bits per heavy atom. The summed E-state index contributed by atoms with van der Waals surface area (Å²) >= 11 is 0. The number of aromatic nitrogens is 1. The topological polar surface area (TPSA) is 48.0 Å². The highest BCUT2D eigenvalue weighted by atomic mass is 19.1. The third-order valence-corrected chi connectivity index (χ3v) is 3.94. The van der Waals surface area contributed by atoms with Crippen LogP contribution < -0.4 is 5.73 Å². The highest BCUT2D eigenvalue weighted by Gasteiger charge is 2.25. The van der Waals surface area contributed by atoms with E-state index in [1.54, 1.807) is 12.1 Å². The number of nitrogens with two attached hydrogens (primary N) is 1. The van der Waals surface area contributed by atoms with Gasteiger partial charge in [-0.3, -0.25) is 4.79 Å². The van der Waals surface area contributed by atoms with Gasteiger partial charge in [-0.25, -0.2) is 4.39 Å². The average Bonchev–Trinajstić information content (AvgIpc) is 2.73. The fourth-order valence-electron chi connectivity index (χ4n) is 3.18. The molecule has 2 aromatic rings. The number of primary amides is 1. The van der Waals surface area contributed by atoms with Crippen molar-refractivity contribution in [1.82, 2.24) is 4.57 Å². The van der Waals surface area contributed by atoms with Gasteiger partial charge in [0.15, 0.2) is 0 Å². The van der Waals surface area contributed by atoms with Crippen LogP contribution in [0.25, 0.3) is 11.1 Å². The van der Waals surface area contributed by atoms with Crippen LogP contribution in [0.1, 0.15) is 55.0 Å². The molecule has 0 aliphatic rings. The third-order valence-electron chi connectivity index (χ3n) is 3.94. The van der Waals surface area contributed by atoms with Gasteiger partial charge in [-0.15, -0.1) is 0 Å². The molecule has 1 heterocycles. The Kier molecular flexibility index (Phi) is 4.69. The Morgan fingerprint density at radius 1 is 1.27 bits per heavy atom. The Balaban J connectivity index is 2.81. The largest absolute Gasteiger partial charge is 0.366 e. The van der Waals surface area contributed by atoms with Gasteiger partial charge in [-0.1, -0.05) is 25.5 Å². The van der Waals surface area contributed by atoms with Crippen LogP contribution in [-0.4, -0.2) is 10.5 Å². The van der Waals surface area contributed by atoms with E-state index >= 15 is 0 Å². The lowest BCUT2D eigenvalue weighted by atomic mass is 9.98. The molecular formula is C18H23FN2O. The SMILES string of the molecule is CCCc1c(-c2ccc(F)cc2)c(C(N)=O)c(C)n1C(C)C. The van der Waals surface area contributed by atoms with Gasteiger partial charge in [-0.05, 0) is 44.9 Å². The standard InChI is InChI=1S/C18H23FN2O/c1-5-6-15-17(13-7-9-14(19)10-8-13)16(18(20)22)12(4)21(15)11(2)3/h7-11H,5-6H2,1-4H3,(H2,20,22). The molecule has 0 atom stereocenters. The fourth-order valence-corrected chi connectivity index (χ4v) is 3.18. The van der Waals surface area contributed by atoms with E-state index in [0.29, 0.717) is 5.56 Å². The van der Waals surface area contributed by atoms with Crippen molar-refractivity contribution in [3.63, 3.8) is 0 Å². The number of carbonyl (C=O) groups excluding carboxylic acids is 1. The summed E-state index contributed by atoms with van der Waals surface area (Å²) < 4.78 is 15.4. The molecular weight excluding hydrogens is 279 g/mol. The molecule has 0 radical (unpaired) electrons. The van der Waals surface area contributed by atoms with E-state index in [-0.39, 0.29) is 11.9 Å². The van der Waals surface area contributed by atoms with E-state index < -0.39 is 5.91 Å². The van der Waals surface area contributed by atoms with Crippen molar-refractivity contribution in [3.8, 4) is 11.1 Å². The van der Waals surface area contributed by atoms with Crippen LogP contribution in [0.2, 0.25) is 0 Å². The first kappa shape index (κ1) is 16.3. The van der Waals surface area contributed by atoms with Gasteiger partial charge in [0.25, 0.3) is 5.91 Å². The molecule has 2 N–H and O–H groups in total. The van der Waals surface area contributed by atoms with Crippen molar-refractivity contribution in [3.05, 3.63) is 47.0 Å². The zero-order valence-corrected chi connectivity index (χ0v) is 13.6. The number of hydrogen-bond acceptors (Lipinski definition) is 1. The average molecular weight is 302 g/mol. The summed E-state index contributed by atoms with van der Waals surface area (Å²) in [6, 6.07) is 6.48. The minimum absolute atomic E-state index is 0.230. The minimum atomic E-state index is -0.437. The first-order valence-corrected chi connectivity index (χ1v) is 7.67. The van der Waals surface area contributed by atoms with Gasteiger partial charge in [0, 0.05) is 23.0 Å². The molecule has 1 amide bonds. The lowest BCUT2D eigenvalue weighted by molar-refractivity contribution is 0.1000. The smallest absolute Gasteiger partial charge is 0.251 e. The van der Waals surface area contributed by atoms with E-state index in [4.69, 9.17) is 5.73 Å². The molecule has 3 nitrogen and oxygen atoms in total. The molecule has 1 aromatic heterocycles. The van der Waals surface area contributed by atoms with Crippen molar-refractivity contribution in [2.75, 3.05) is 0 Å². The monoisotopic (exact) mass is 302 g/mol. The van der Waals surface area contributed by atoms with E-state index in [9.17, 15) is 9.18 Å². The number of rotatable bonds is 5.